The van der Waals surface area contributed by atoms with Crippen LogP contribution in [0.15, 0.2) is 48.5 Å². The number of nitrogens with one attached hydrogen (secondary N) is 1. The Morgan fingerprint density at radius 3 is 2.48 bits per heavy atom. The largest absolute Gasteiger partial charge is 0.481 e. The molecule has 0 bridgehead atoms. The fourth-order valence-electron chi connectivity index (χ4n) is 1.79. The first-order chi connectivity index (χ1) is 11.1. The van der Waals surface area contributed by atoms with Crippen molar-refractivity contribution in [3.63, 3.8) is 0 Å². The minimum absolute atomic E-state index is 0.181. The first-order valence-corrected chi connectivity index (χ1v) is 6.79. The molecular formula is C17H14N2O4. The summed E-state index contributed by atoms with van der Waals surface area (Å²) in [5, 5.41) is 11.5. The molecule has 0 heterocycles. The topological polar surface area (TPSA) is 88.4 Å². The zero-order chi connectivity index (χ0) is 16.7. The molecule has 6 heteroatoms. The van der Waals surface area contributed by atoms with E-state index in [0.717, 1.165) is 0 Å². The van der Waals surface area contributed by atoms with E-state index in [-0.39, 0.29) is 12.5 Å². The van der Waals surface area contributed by atoms with Crippen molar-refractivity contribution in [2.75, 3.05) is 11.9 Å². The van der Waals surface area contributed by atoms with Gasteiger partial charge in [0.2, 0.25) is 5.91 Å². The van der Waals surface area contributed by atoms with E-state index < -0.39 is 5.97 Å². The number of nitriles is 1. The number of carbonyl (C=O) groups is 2. The molecule has 2 aromatic rings. The Morgan fingerprint density at radius 2 is 1.83 bits per heavy atom. The van der Waals surface area contributed by atoms with E-state index >= 15 is 0 Å². The number of hydrogen-bond acceptors (Lipinski definition) is 5. The Morgan fingerprint density at radius 1 is 1.13 bits per heavy atom. The van der Waals surface area contributed by atoms with Gasteiger partial charge in [0.1, 0.15) is 17.6 Å². The van der Waals surface area contributed by atoms with Crippen LogP contribution < -0.4 is 14.8 Å². The van der Waals surface area contributed by atoms with Crippen LogP contribution in [0.25, 0.3) is 0 Å². The minimum atomic E-state index is -0.593. The van der Waals surface area contributed by atoms with Crippen LogP contribution in [0.3, 0.4) is 0 Å². The Kier molecular flexibility index (Phi) is 5.31. The second kappa shape index (κ2) is 7.61. The Balaban J connectivity index is 1.90. The normalized spacial score (nSPS) is 9.57. The quantitative estimate of drug-likeness (QED) is 0.677. The van der Waals surface area contributed by atoms with E-state index in [1.54, 1.807) is 48.5 Å². The molecule has 0 saturated heterocycles. The van der Waals surface area contributed by atoms with Crippen molar-refractivity contribution in [2.45, 2.75) is 6.92 Å². The van der Waals surface area contributed by atoms with Crippen LogP contribution >= 0.6 is 0 Å². The zero-order valence-corrected chi connectivity index (χ0v) is 12.4. The second-order valence-corrected chi connectivity index (χ2v) is 4.58. The van der Waals surface area contributed by atoms with Crippen LogP contribution in [-0.4, -0.2) is 18.5 Å². The van der Waals surface area contributed by atoms with Crippen LogP contribution in [0.4, 0.5) is 5.69 Å². The van der Waals surface area contributed by atoms with Crippen molar-refractivity contribution < 1.29 is 19.1 Å². The highest BCUT2D eigenvalue weighted by atomic mass is 16.6. The van der Waals surface area contributed by atoms with Crippen molar-refractivity contribution >= 4 is 17.6 Å². The Bertz CT molecular complexity index is 748. The summed E-state index contributed by atoms with van der Waals surface area (Å²) in [6, 6.07) is 15.0. The van der Waals surface area contributed by atoms with E-state index in [0.29, 0.717) is 22.7 Å². The predicted molar refractivity (Wildman–Crippen MR) is 83.0 cm³/mol. The van der Waals surface area contributed by atoms with Gasteiger partial charge in [0, 0.05) is 12.6 Å². The molecule has 0 atom stereocenters. The van der Waals surface area contributed by atoms with Gasteiger partial charge < -0.3 is 14.8 Å². The van der Waals surface area contributed by atoms with E-state index in [1.165, 1.54) is 6.92 Å². The lowest BCUT2D eigenvalue weighted by Crippen LogP contribution is -2.18. The zero-order valence-electron chi connectivity index (χ0n) is 12.4. The predicted octanol–water partition coefficient (Wildman–Crippen LogP) is 2.50. The second-order valence-electron chi connectivity index (χ2n) is 4.58. The molecule has 1 amide bonds. The first kappa shape index (κ1) is 16.0. The molecule has 6 nitrogen and oxygen atoms in total. The molecule has 0 aliphatic carbocycles. The van der Waals surface area contributed by atoms with Gasteiger partial charge in [-0.25, -0.2) is 4.79 Å². The van der Waals surface area contributed by atoms with Crippen LogP contribution in [0.2, 0.25) is 0 Å². The highest BCUT2D eigenvalue weighted by Gasteiger charge is 2.08. The van der Waals surface area contributed by atoms with Gasteiger partial charge in [-0.2, -0.15) is 5.26 Å². The fraction of sp³-hybridized carbons (Fsp3) is 0.118. The highest BCUT2D eigenvalue weighted by molar-refractivity contribution is 5.88. The van der Waals surface area contributed by atoms with Gasteiger partial charge in [-0.1, -0.05) is 12.1 Å². The fourth-order valence-corrected chi connectivity index (χ4v) is 1.79. The van der Waals surface area contributed by atoms with Gasteiger partial charge in [-0.15, -0.1) is 0 Å². The van der Waals surface area contributed by atoms with Crippen molar-refractivity contribution in [1.82, 2.24) is 0 Å². The lowest BCUT2D eigenvalue weighted by atomic mass is 10.2. The molecule has 0 saturated carbocycles. The molecule has 0 radical (unpaired) electrons. The standard InChI is InChI=1S/C17H14N2O4/c1-12(20)19-14-6-8-15(9-7-14)23-17(21)11-22-16-5-3-2-4-13(16)10-18/h2-9H,11H2,1H3,(H,19,20). The number of para-hydroxylation sites is 1. The summed E-state index contributed by atoms with van der Waals surface area (Å²) in [6.07, 6.45) is 0. The van der Waals surface area contributed by atoms with Crippen molar-refractivity contribution in [1.29, 1.82) is 5.26 Å². The summed E-state index contributed by atoms with van der Waals surface area (Å²) in [7, 11) is 0. The van der Waals surface area contributed by atoms with E-state index in [1.807, 2.05) is 6.07 Å². The van der Waals surface area contributed by atoms with Crippen LogP contribution in [0.1, 0.15) is 12.5 Å². The number of carbonyl (C=O) groups excluding carboxylic acids is 2. The van der Waals surface area contributed by atoms with Gasteiger partial charge >= 0.3 is 5.97 Å². The number of esters is 1. The van der Waals surface area contributed by atoms with Crippen molar-refractivity contribution in [3.05, 3.63) is 54.1 Å². The average Bonchev–Trinajstić information content (AvgIpc) is 2.54. The molecule has 0 aromatic heterocycles. The number of anilines is 1. The molecular weight excluding hydrogens is 296 g/mol. The van der Waals surface area contributed by atoms with E-state index in [2.05, 4.69) is 5.32 Å². The van der Waals surface area contributed by atoms with Gasteiger partial charge in [0.15, 0.2) is 6.61 Å². The smallest absolute Gasteiger partial charge is 0.349 e. The third kappa shape index (κ3) is 4.86. The van der Waals surface area contributed by atoms with Crippen LogP contribution in [0.5, 0.6) is 11.5 Å². The number of amides is 1. The molecule has 1 N–H and O–H groups in total. The minimum Gasteiger partial charge on any atom is -0.481 e. The van der Waals surface area contributed by atoms with Crippen LogP contribution in [0, 0.1) is 11.3 Å². The molecule has 2 rings (SSSR count). The molecule has 2 aromatic carbocycles. The maximum absolute atomic E-state index is 11.7. The van der Waals surface area contributed by atoms with Gasteiger partial charge in [-0.3, -0.25) is 4.79 Å². The van der Waals surface area contributed by atoms with E-state index in [4.69, 9.17) is 14.7 Å². The maximum atomic E-state index is 11.7. The Hall–Kier alpha value is -3.33. The van der Waals surface area contributed by atoms with Gasteiger partial charge in [0.25, 0.3) is 0 Å². The summed E-state index contributed by atoms with van der Waals surface area (Å²) in [4.78, 5) is 22.7. The van der Waals surface area contributed by atoms with Gasteiger partial charge in [-0.05, 0) is 36.4 Å². The SMILES string of the molecule is CC(=O)Nc1ccc(OC(=O)COc2ccccc2C#N)cc1. The maximum Gasteiger partial charge on any atom is 0.349 e. The molecule has 23 heavy (non-hydrogen) atoms. The lowest BCUT2D eigenvalue weighted by molar-refractivity contribution is -0.136. The van der Waals surface area contributed by atoms with E-state index in [9.17, 15) is 9.59 Å². The summed E-state index contributed by atoms with van der Waals surface area (Å²) in [6.45, 7) is 1.09. The summed E-state index contributed by atoms with van der Waals surface area (Å²) >= 11 is 0. The molecule has 0 aliphatic rings. The number of nitrogens with zero attached hydrogens (tertiary/aromatic N) is 1. The molecule has 0 unspecified atom stereocenters. The third-order valence-electron chi connectivity index (χ3n) is 2.76. The summed E-state index contributed by atoms with van der Waals surface area (Å²) in [5.41, 5.74) is 0.955. The number of benzene rings is 2. The highest BCUT2D eigenvalue weighted by Crippen LogP contribution is 2.18. The van der Waals surface area contributed by atoms with Gasteiger partial charge in [0.05, 0.1) is 5.56 Å². The van der Waals surface area contributed by atoms with Crippen molar-refractivity contribution in [2.24, 2.45) is 0 Å². The first-order valence-electron chi connectivity index (χ1n) is 6.79. The number of rotatable bonds is 5. The molecule has 0 fully saturated rings. The average molecular weight is 310 g/mol. The van der Waals surface area contributed by atoms with Crippen LogP contribution in [-0.2, 0) is 9.59 Å². The molecule has 116 valence electrons. The molecule has 0 spiro atoms. The van der Waals surface area contributed by atoms with Crippen molar-refractivity contribution in [3.8, 4) is 17.6 Å². The summed E-state index contributed by atoms with van der Waals surface area (Å²) < 4.78 is 10.4. The Labute approximate surface area is 133 Å². The lowest BCUT2D eigenvalue weighted by Gasteiger charge is -2.08. The monoisotopic (exact) mass is 310 g/mol. The third-order valence-corrected chi connectivity index (χ3v) is 2.76. The number of ether oxygens (including phenoxy) is 2. The molecule has 0 aliphatic heterocycles. The number of hydrogen-bond donors (Lipinski definition) is 1. The summed E-state index contributed by atoms with van der Waals surface area (Å²) in [5.74, 6) is -0.112.